The molecule has 0 bridgehead atoms. The number of anilines is 1. The van der Waals surface area contributed by atoms with Crippen molar-refractivity contribution in [2.45, 2.75) is 18.7 Å². The van der Waals surface area contributed by atoms with Crippen molar-refractivity contribution in [1.82, 2.24) is 5.32 Å². The molecule has 2 amide bonds. The highest BCUT2D eigenvalue weighted by Crippen LogP contribution is 2.31. The average Bonchev–Trinajstić information content (AvgIpc) is 2.84. The summed E-state index contributed by atoms with van der Waals surface area (Å²) in [5.41, 5.74) is 2.24. The number of ether oxygens (including phenoxy) is 1. The lowest BCUT2D eigenvalue weighted by atomic mass is 10.1. The van der Waals surface area contributed by atoms with Gasteiger partial charge >= 0.3 is 10.1 Å². The van der Waals surface area contributed by atoms with Gasteiger partial charge in [0, 0.05) is 12.6 Å². The van der Waals surface area contributed by atoms with Crippen LogP contribution in [0.4, 0.5) is 5.69 Å². The van der Waals surface area contributed by atoms with Gasteiger partial charge < -0.3 is 19.6 Å². The van der Waals surface area contributed by atoms with Gasteiger partial charge in [0.1, 0.15) is 4.90 Å². The molecule has 0 aliphatic heterocycles. The summed E-state index contributed by atoms with van der Waals surface area (Å²) < 4.78 is 35.8. The van der Waals surface area contributed by atoms with Crippen LogP contribution in [0, 0.1) is 6.92 Å². The van der Waals surface area contributed by atoms with Gasteiger partial charge in [-0.15, -0.1) is 0 Å². The Morgan fingerprint density at radius 1 is 0.971 bits per heavy atom. The van der Waals surface area contributed by atoms with E-state index in [9.17, 15) is 18.0 Å². The summed E-state index contributed by atoms with van der Waals surface area (Å²) in [6.07, 6.45) is 2.83. The minimum absolute atomic E-state index is 0.0190. The third kappa shape index (κ3) is 6.70. The zero-order valence-electron chi connectivity index (χ0n) is 19.6. The smallest absolute Gasteiger partial charge is 0.339 e. The number of aryl methyl sites for hydroxylation is 1. The number of amides is 2. The third-order valence-electron chi connectivity index (χ3n) is 4.89. The number of para-hydroxylation sites is 1. The van der Waals surface area contributed by atoms with Crippen LogP contribution in [0.25, 0.3) is 6.08 Å². The first-order chi connectivity index (χ1) is 16.7. The SMILES string of the molecule is CCNC(=O)c1ccccc1NC(=O)/C=C/c1ccc(OS(=O)(=O)c2ccc(C)cc2)c(OC)c1. The Balaban J connectivity index is 1.74. The molecular formula is C26H26N2O6S. The second-order valence-corrected chi connectivity index (χ2v) is 9.03. The molecule has 0 radical (unpaired) electrons. The predicted molar refractivity (Wildman–Crippen MR) is 134 cm³/mol. The molecule has 0 aliphatic carbocycles. The molecular weight excluding hydrogens is 468 g/mol. The number of rotatable bonds is 9. The van der Waals surface area contributed by atoms with Gasteiger partial charge in [-0.2, -0.15) is 8.42 Å². The van der Waals surface area contributed by atoms with Crippen LogP contribution in [0.15, 0.2) is 77.7 Å². The van der Waals surface area contributed by atoms with Crippen molar-refractivity contribution in [2.24, 2.45) is 0 Å². The normalized spacial score (nSPS) is 11.2. The van der Waals surface area contributed by atoms with Crippen LogP contribution in [0.1, 0.15) is 28.4 Å². The summed E-state index contributed by atoms with van der Waals surface area (Å²) in [7, 11) is -2.66. The Morgan fingerprint density at radius 3 is 2.37 bits per heavy atom. The molecule has 8 nitrogen and oxygen atoms in total. The second kappa shape index (κ2) is 11.3. The maximum Gasteiger partial charge on any atom is 0.339 e. The summed E-state index contributed by atoms with van der Waals surface area (Å²) in [6, 6.07) is 17.6. The van der Waals surface area contributed by atoms with E-state index in [-0.39, 0.29) is 22.3 Å². The van der Waals surface area contributed by atoms with Gasteiger partial charge in [0.05, 0.1) is 18.4 Å². The number of carbonyl (C=O) groups excluding carboxylic acids is 2. The number of benzene rings is 3. The van der Waals surface area contributed by atoms with Crippen molar-refractivity contribution in [2.75, 3.05) is 19.0 Å². The molecule has 0 heterocycles. The standard InChI is InChI=1S/C26H26N2O6S/c1-4-27-26(30)21-7-5-6-8-22(21)28-25(29)16-12-19-11-15-23(24(17-19)33-3)34-35(31,32)20-13-9-18(2)10-14-20/h5-17H,4H2,1-3H3,(H,27,30)(H,28,29)/b16-12+. The molecule has 3 aromatic rings. The topological polar surface area (TPSA) is 111 Å². The zero-order valence-corrected chi connectivity index (χ0v) is 20.4. The first-order valence-corrected chi connectivity index (χ1v) is 12.2. The summed E-state index contributed by atoms with van der Waals surface area (Å²) in [5, 5.41) is 5.39. The highest BCUT2D eigenvalue weighted by molar-refractivity contribution is 7.87. The van der Waals surface area contributed by atoms with Crippen molar-refractivity contribution in [3.8, 4) is 11.5 Å². The first-order valence-electron chi connectivity index (χ1n) is 10.8. The van der Waals surface area contributed by atoms with Gasteiger partial charge in [-0.3, -0.25) is 9.59 Å². The third-order valence-corrected chi connectivity index (χ3v) is 6.14. The van der Waals surface area contributed by atoms with Gasteiger partial charge in [-0.05, 0) is 61.9 Å². The summed E-state index contributed by atoms with van der Waals surface area (Å²) in [4.78, 5) is 24.7. The molecule has 182 valence electrons. The Kier molecular flexibility index (Phi) is 8.27. The van der Waals surface area contributed by atoms with E-state index < -0.39 is 16.0 Å². The lowest BCUT2D eigenvalue weighted by molar-refractivity contribution is -0.111. The second-order valence-electron chi connectivity index (χ2n) is 7.49. The fourth-order valence-electron chi connectivity index (χ4n) is 3.12. The summed E-state index contributed by atoms with van der Waals surface area (Å²) in [6.45, 7) is 4.13. The van der Waals surface area contributed by atoms with Crippen LogP contribution in [-0.2, 0) is 14.9 Å². The van der Waals surface area contributed by atoms with E-state index in [0.717, 1.165) is 5.56 Å². The van der Waals surface area contributed by atoms with Gasteiger partial charge in [-0.1, -0.05) is 35.9 Å². The number of nitrogens with one attached hydrogen (secondary N) is 2. The lowest BCUT2D eigenvalue weighted by Gasteiger charge is -2.11. The average molecular weight is 495 g/mol. The van der Waals surface area contributed by atoms with Gasteiger partial charge in [0.2, 0.25) is 5.91 Å². The van der Waals surface area contributed by atoms with Crippen molar-refractivity contribution < 1.29 is 26.9 Å². The zero-order chi connectivity index (χ0) is 25.4. The van der Waals surface area contributed by atoms with Crippen LogP contribution in [0.2, 0.25) is 0 Å². The molecule has 0 aromatic heterocycles. The molecule has 3 rings (SSSR count). The Hall–Kier alpha value is -4.11. The Morgan fingerprint density at radius 2 is 1.69 bits per heavy atom. The van der Waals surface area contributed by atoms with Crippen molar-refractivity contribution in [1.29, 1.82) is 0 Å². The fraction of sp³-hybridized carbons (Fsp3) is 0.154. The van der Waals surface area contributed by atoms with Crippen LogP contribution in [0.3, 0.4) is 0 Å². The molecule has 35 heavy (non-hydrogen) atoms. The summed E-state index contributed by atoms with van der Waals surface area (Å²) in [5.74, 6) is -0.522. The molecule has 0 aliphatic rings. The molecule has 0 unspecified atom stereocenters. The Labute approximate surface area is 204 Å². The van der Waals surface area contributed by atoms with Crippen molar-refractivity contribution in [3.05, 3.63) is 89.5 Å². The van der Waals surface area contributed by atoms with E-state index in [1.54, 1.807) is 48.5 Å². The van der Waals surface area contributed by atoms with Crippen LogP contribution < -0.4 is 19.6 Å². The summed E-state index contributed by atoms with van der Waals surface area (Å²) >= 11 is 0. The molecule has 0 spiro atoms. The minimum atomic E-state index is -4.05. The quantitative estimate of drug-likeness (QED) is 0.341. The maximum atomic E-state index is 12.6. The molecule has 0 saturated heterocycles. The molecule has 9 heteroatoms. The number of carbonyl (C=O) groups is 2. The van der Waals surface area contributed by atoms with Gasteiger partial charge in [0.25, 0.3) is 5.91 Å². The molecule has 0 atom stereocenters. The fourth-order valence-corrected chi connectivity index (χ4v) is 4.06. The van der Waals surface area contributed by atoms with E-state index >= 15 is 0 Å². The Bertz CT molecular complexity index is 1350. The number of hydrogen-bond acceptors (Lipinski definition) is 6. The van der Waals surface area contributed by atoms with Crippen molar-refractivity contribution in [3.63, 3.8) is 0 Å². The van der Waals surface area contributed by atoms with E-state index in [1.165, 1.54) is 37.5 Å². The number of hydrogen-bond donors (Lipinski definition) is 2. The largest absolute Gasteiger partial charge is 0.493 e. The maximum absolute atomic E-state index is 12.6. The van der Waals surface area contributed by atoms with E-state index in [1.807, 2.05) is 13.8 Å². The van der Waals surface area contributed by atoms with Crippen LogP contribution in [-0.4, -0.2) is 33.9 Å². The highest BCUT2D eigenvalue weighted by Gasteiger charge is 2.19. The van der Waals surface area contributed by atoms with E-state index in [2.05, 4.69) is 10.6 Å². The molecule has 0 fully saturated rings. The monoisotopic (exact) mass is 494 g/mol. The van der Waals surface area contributed by atoms with E-state index in [4.69, 9.17) is 8.92 Å². The molecule has 3 aromatic carbocycles. The van der Waals surface area contributed by atoms with E-state index in [0.29, 0.717) is 23.4 Å². The molecule has 0 saturated carbocycles. The predicted octanol–water partition coefficient (Wildman–Crippen LogP) is 4.17. The van der Waals surface area contributed by atoms with Gasteiger partial charge in [-0.25, -0.2) is 0 Å². The van der Waals surface area contributed by atoms with Crippen LogP contribution >= 0.6 is 0 Å². The first kappa shape index (κ1) is 25.5. The van der Waals surface area contributed by atoms with Gasteiger partial charge in [0.15, 0.2) is 11.5 Å². The van der Waals surface area contributed by atoms with Crippen LogP contribution in [0.5, 0.6) is 11.5 Å². The lowest BCUT2D eigenvalue weighted by Crippen LogP contribution is -2.24. The highest BCUT2D eigenvalue weighted by atomic mass is 32.2. The molecule has 2 N–H and O–H groups in total. The number of methoxy groups -OCH3 is 1. The minimum Gasteiger partial charge on any atom is -0.493 e. The van der Waals surface area contributed by atoms with Crippen molar-refractivity contribution >= 4 is 33.7 Å².